The van der Waals surface area contributed by atoms with Gasteiger partial charge in [0, 0.05) is 6.04 Å². The highest BCUT2D eigenvalue weighted by Crippen LogP contribution is 2.30. The summed E-state index contributed by atoms with van der Waals surface area (Å²) in [6.45, 7) is 0. The van der Waals surface area contributed by atoms with E-state index in [1.165, 1.54) is 19.3 Å². The summed E-state index contributed by atoms with van der Waals surface area (Å²) in [5, 5.41) is 11.6. The predicted octanol–water partition coefficient (Wildman–Crippen LogP) is 1.29. The van der Waals surface area contributed by atoms with Crippen molar-refractivity contribution >= 4 is 0 Å². The van der Waals surface area contributed by atoms with E-state index in [1.807, 2.05) is 7.05 Å². The fourth-order valence-corrected chi connectivity index (χ4v) is 1.44. The van der Waals surface area contributed by atoms with Gasteiger partial charge in [-0.15, -0.1) is 0 Å². The molecule has 1 unspecified atom stereocenters. The van der Waals surface area contributed by atoms with Crippen molar-refractivity contribution in [3.63, 3.8) is 0 Å². The highest BCUT2D eigenvalue weighted by atomic mass is 14.9. The van der Waals surface area contributed by atoms with Crippen LogP contribution in [0.4, 0.5) is 0 Å². The van der Waals surface area contributed by atoms with Gasteiger partial charge in [0.2, 0.25) is 0 Å². The maximum atomic E-state index is 8.45. The molecule has 0 amide bonds. The number of hydrogen-bond acceptors (Lipinski definition) is 2. The fraction of sp³-hybridized carbons (Fsp3) is 0.875. The van der Waals surface area contributed by atoms with Crippen molar-refractivity contribution in [2.75, 3.05) is 7.05 Å². The van der Waals surface area contributed by atoms with E-state index in [0.29, 0.717) is 12.5 Å². The number of nitrogens with zero attached hydrogens (tertiary/aromatic N) is 1. The summed E-state index contributed by atoms with van der Waals surface area (Å²) in [5.41, 5.74) is 0. The monoisotopic (exact) mass is 138 g/mol. The zero-order valence-corrected chi connectivity index (χ0v) is 6.43. The maximum Gasteiger partial charge on any atom is 0.0638 e. The van der Waals surface area contributed by atoms with E-state index in [1.54, 1.807) is 0 Å². The molecule has 1 atom stereocenters. The van der Waals surface area contributed by atoms with E-state index < -0.39 is 0 Å². The van der Waals surface area contributed by atoms with E-state index >= 15 is 0 Å². The van der Waals surface area contributed by atoms with Crippen LogP contribution in [0.15, 0.2) is 0 Å². The number of nitriles is 1. The summed E-state index contributed by atoms with van der Waals surface area (Å²) in [6.07, 6.45) is 4.65. The van der Waals surface area contributed by atoms with Crippen molar-refractivity contribution in [1.29, 1.82) is 5.26 Å². The number of rotatable bonds is 3. The second kappa shape index (κ2) is 3.58. The molecule has 0 aromatic carbocycles. The highest BCUT2D eigenvalue weighted by molar-refractivity contribution is 4.88. The molecule has 1 saturated carbocycles. The van der Waals surface area contributed by atoms with Gasteiger partial charge in [-0.1, -0.05) is 6.42 Å². The van der Waals surface area contributed by atoms with Crippen LogP contribution in [0, 0.1) is 17.2 Å². The first kappa shape index (κ1) is 7.56. The molecule has 1 rings (SSSR count). The third-order valence-electron chi connectivity index (χ3n) is 2.40. The second-order valence-corrected chi connectivity index (χ2v) is 2.95. The Labute approximate surface area is 62.2 Å². The zero-order valence-electron chi connectivity index (χ0n) is 6.43. The molecule has 2 heteroatoms. The van der Waals surface area contributed by atoms with Gasteiger partial charge in [0.25, 0.3) is 0 Å². The third kappa shape index (κ3) is 1.48. The first-order valence-electron chi connectivity index (χ1n) is 3.92. The van der Waals surface area contributed by atoms with Crippen LogP contribution in [0.1, 0.15) is 25.7 Å². The lowest BCUT2D eigenvalue weighted by molar-refractivity contribution is 0.239. The molecule has 0 saturated heterocycles. The Balaban J connectivity index is 2.26. The molecule has 2 nitrogen and oxygen atoms in total. The van der Waals surface area contributed by atoms with Gasteiger partial charge in [-0.2, -0.15) is 5.26 Å². The van der Waals surface area contributed by atoms with E-state index in [2.05, 4.69) is 11.4 Å². The maximum absolute atomic E-state index is 8.45. The van der Waals surface area contributed by atoms with Crippen molar-refractivity contribution in [2.45, 2.75) is 31.7 Å². The van der Waals surface area contributed by atoms with Gasteiger partial charge in [-0.05, 0) is 25.8 Å². The van der Waals surface area contributed by atoms with E-state index in [9.17, 15) is 0 Å². The Morgan fingerprint density at radius 3 is 2.70 bits per heavy atom. The van der Waals surface area contributed by atoms with Crippen molar-refractivity contribution in [3.05, 3.63) is 0 Å². The lowest BCUT2D eigenvalue weighted by Gasteiger charge is -2.32. The SMILES string of the molecule is CNC(CC#N)C1CCC1. The molecule has 1 aliphatic rings. The molecule has 1 fully saturated rings. The van der Waals surface area contributed by atoms with Gasteiger partial charge in [0.05, 0.1) is 12.5 Å². The van der Waals surface area contributed by atoms with Gasteiger partial charge in [-0.3, -0.25) is 0 Å². The molecule has 0 heterocycles. The first-order valence-corrected chi connectivity index (χ1v) is 3.92. The summed E-state index contributed by atoms with van der Waals surface area (Å²) < 4.78 is 0. The molecule has 1 N–H and O–H groups in total. The summed E-state index contributed by atoms with van der Waals surface area (Å²) in [5.74, 6) is 0.782. The van der Waals surface area contributed by atoms with Crippen LogP contribution in [0.2, 0.25) is 0 Å². The predicted molar refractivity (Wildman–Crippen MR) is 40.4 cm³/mol. The first-order chi connectivity index (χ1) is 4.88. The van der Waals surface area contributed by atoms with Crippen molar-refractivity contribution < 1.29 is 0 Å². The molecule has 56 valence electrons. The fourth-order valence-electron chi connectivity index (χ4n) is 1.44. The smallest absolute Gasteiger partial charge is 0.0638 e. The average Bonchev–Trinajstić information content (AvgIpc) is 1.83. The summed E-state index contributed by atoms with van der Waals surface area (Å²) in [7, 11) is 1.94. The van der Waals surface area contributed by atoms with Crippen molar-refractivity contribution in [2.24, 2.45) is 5.92 Å². The molecule has 10 heavy (non-hydrogen) atoms. The average molecular weight is 138 g/mol. The Bertz CT molecular complexity index is 133. The Morgan fingerprint density at radius 1 is 1.70 bits per heavy atom. The Kier molecular flexibility index (Phi) is 2.70. The van der Waals surface area contributed by atoms with E-state index in [0.717, 1.165) is 5.92 Å². The molecular formula is C8H14N2. The molecule has 0 aliphatic heterocycles. The van der Waals surface area contributed by atoms with Gasteiger partial charge < -0.3 is 5.32 Å². The number of hydrogen-bond donors (Lipinski definition) is 1. The molecule has 0 spiro atoms. The molecule has 0 bridgehead atoms. The van der Waals surface area contributed by atoms with Crippen LogP contribution >= 0.6 is 0 Å². The van der Waals surface area contributed by atoms with Crippen LogP contribution < -0.4 is 5.32 Å². The Hall–Kier alpha value is -0.550. The third-order valence-corrected chi connectivity index (χ3v) is 2.40. The van der Waals surface area contributed by atoms with E-state index in [-0.39, 0.29) is 0 Å². The molecule has 1 aliphatic carbocycles. The summed E-state index contributed by atoms with van der Waals surface area (Å²) in [4.78, 5) is 0. The minimum Gasteiger partial charge on any atom is -0.316 e. The van der Waals surface area contributed by atoms with Gasteiger partial charge >= 0.3 is 0 Å². The van der Waals surface area contributed by atoms with Crippen molar-refractivity contribution in [3.8, 4) is 6.07 Å². The molecule has 0 aromatic heterocycles. The number of nitrogens with one attached hydrogen (secondary N) is 1. The summed E-state index contributed by atoms with van der Waals surface area (Å²) in [6, 6.07) is 2.66. The lowest BCUT2D eigenvalue weighted by Crippen LogP contribution is -2.36. The second-order valence-electron chi connectivity index (χ2n) is 2.95. The summed E-state index contributed by atoms with van der Waals surface area (Å²) >= 11 is 0. The molecule has 0 aromatic rings. The van der Waals surface area contributed by atoms with Crippen LogP contribution in [-0.4, -0.2) is 13.1 Å². The Morgan fingerprint density at radius 2 is 2.40 bits per heavy atom. The van der Waals surface area contributed by atoms with Crippen LogP contribution in [-0.2, 0) is 0 Å². The molecular weight excluding hydrogens is 124 g/mol. The molecule has 0 radical (unpaired) electrons. The minimum absolute atomic E-state index is 0.457. The zero-order chi connectivity index (χ0) is 7.40. The van der Waals surface area contributed by atoms with Crippen LogP contribution in [0.25, 0.3) is 0 Å². The standard InChI is InChI=1S/C8H14N2/c1-10-8(5-6-9)7-3-2-4-7/h7-8,10H,2-5H2,1H3. The largest absolute Gasteiger partial charge is 0.316 e. The topological polar surface area (TPSA) is 35.8 Å². The quantitative estimate of drug-likeness (QED) is 0.637. The minimum atomic E-state index is 0.457. The van der Waals surface area contributed by atoms with Gasteiger partial charge in [0.15, 0.2) is 0 Å². The normalized spacial score (nSPS) is 21.2. The van der Waals surface area contributed by atoms with Gasteiger partial charge in [0.1, 0.15) is 0 Å². The van der Waals surface area contributed by atoms with Gasteiger partial charge in [-0.25, -0.2) is 0 Å². The lowest BCUT2D eigenvalue weighted by atomic mass is 9.79. The van der Waals surface area contributed by atoms with E-state index in [4.69, 9.17) is 5.26 Å². The highest BCUT2D eigenvalue weighted by Gasteiger charge is 2.25. The van der Waals surface area contributed by atoms with Crippen molar-refractivity contribution in [1.82, 2.24) is 5.32 Å². The van der Waals surface area contributed by atoms with Crippen LogP contribution in [0.5, 0.6) is 0 Å². The van der Waals surface area contributed by atoms with Crippen LogP contribution in [0.3, 0.4) is 0 Å².